The summed E-state index contributed by atoms with van der Waals surface area (Å²) in [5.74, 6) is 0.209. The molecule has 0 saturated carbocycles. The van der Waals surface area contributed by atoms with E-state index in [9.17, 15) is 5.11 Å². The Morgan fingerprint density at radius 3 is 2.59 bits per heavy atom. The fourth-order valence-electron chi connectivity index (χ4n) is 4.76. The van der Waals surface area contributed by atoms with E-state index in [0.29, 0.717) is 6.54 Å². The number of benzene rings is 2. The first-order valence-corrected chi connectivity index (χ1v) is 10.5. The molecule has 0 spiro atoms. The van der Waals surface area contributed by atoms with Crippen LogP contribution in [0.3, 0.4) is 0 Å². The van der Waals surface area contributed by atoms with Gasteiger partial charge in [-0.1, -0.05) is 50.2 Å². The van der Waals surface area contributed by atoms with Crippen LogP contribution in [0, 0.1) is 0 Å². The Hall–Kier alpha value is -2.56. The predicted molar refractivity (Wildman–Crippen MR) is 118 cm³/mol. The summed E-state index contributed by atoms with van der Waals surface area (Å²) in [5, 5.41) is 16.4. The van der Waals surface area contributed by atoms with Crippen molar-refractivity contribution in [1.29, 1.82) is 0 Å². The molecule has 0 radical (unpaired) electrons. The van der Waals surface area contributed by atoms with Gasteiger partial charge in [0.2, 0.25) is 0 Å². The zero-order valence-electron chi connectivity index (χ0n) is 16.6. The summed E-state index contributed by atoms with van der Waals surface area (Å²) >= 11 is 5.96. The van der Waals surface area contributed by atoms with Crippen molar-refractivity contribution in [3.8, 4) is 16.9 Å². The molecule has 5 heteroatoms. The van der Waals surface area contributed by atoms with Crippen molar-refractivity contribution in [3.05, 3.63) is 72.1 Å². The summed E-state index contributed by atoms with van der Waals surface area (Å²) in [7, 11) is 0. The molecular formula is C24H24ClN3O. The van der Waals surface area contributed by atoms with Crippen molar-refractivity contribution >= 4 is 22.5 Å². The molecule has 0 amide bonds. The highest BCUT2D eigenvalue weighted by Crippen LogP contribution is 2.48. The standard InChI is InChI=1S/C24H24ClN3O/c1-24(2)12-21-19(14-26-28(21)16-8-4-3-5-9-16)23-22(24)18-10-6-7-11-20(18)27(23)15-17(29)13-25/h3-11,14,17,29H,12-13,15H2,1-2H3/t17-/m0/s1. The summed E-state index contributed by atoms with van der Waals surface area (Å²) in [6.45, 7) is 5.06. The molecule has 0 fully saturated rings. The van der Waals surface area contributed by atoms with E-state index in [0.717, 1.165) is 28.9 Å². The van der Waals surface area contributed by atoms with Crippen LogP contribution in [0.25, 0.3) is 27.8 Å². The normalized spacial score (nSPS) is 15.9. The van der Waals surface area contributed by atoms with Crippen molar-refractivity contribution in [3.63, 3.8) is 0 Å². The van der Waals surface area contributed by atoms with Gasteiger partial charge in [-0.2, -0.15) is 5.10 Å². The van der Waals surface area contributed by atoms with Crippen molar-refractivity contribution in [1.82, 2.24) is 14.3 Å². The first-order chi connectivity index (χ1) is 14.0. The zero-order chi connectivity index (χ0) is 20.2. The minimum Gasteiger partial charge on any atom is -0.390 e. The summed E-state index contributed by atoms with van der Waals surface area (Å²) in [6, 6.07) is 18.7. The Balaban J connectivity index is 1.82. The Morgan fingerprint density at radius 1 is 1.10 bits per heavy atom. The maximum Gasteiger partial charge on any atom is 0.0854 e. The first kappa shape index (κ1) is 18.5. The number of aromatic nitrogens is 3. The van der Waals surface area contributed by atoms with E-state index in [4.69, 9.17) is 16.7 Å². The average molecular weight is 406 g/mol. The van der Waals surface area contributed by atoms with E-state index < -0.39 is 6.10 Å². The second-order valence-electron chi connectivity index (χ2n) is 8.47. The van der Waals surface area contributed by atoms with Gasteiger partial charge in [-0.3, -0.25) is 0 Å². The fraction of sp³-hybridized carbons (Fsp3) is 0.292. The van der Waals surface area contributed by atoms with E-state index >= 15 is 0 Å². The van der Waals surface area contributed by atoms with Gasteiger partial charge in [0, 0.05) is 16.5 Å². The number of rotatable bonds is 4. The number of hydrogen-bond donors (Lipinski definition) is 1. The maximum atomic E-state index is 10.4. The highest BCUT2D eigenvalue weighted by atomic mass is 35.5. The molecule has 1 aliphatic carbocycles. The lowest BCUT2D eigenvalue weighted by Gasteiger charge is -2.32. The van der Waals surface area contributed by atoms with Crippen LogP contribution in [0.4, 0.5) is 0 Å². The van der Waals surface area contributed by atoms with Crippen LogP contribution >= 0.6 is 11.6 Å². The molecule has 4 aromatic rings. The number of alkyl halides is 1. The topological polar surface area (TPSA) is 43.0 Å². The third kappa shape index (κ3) is 2.82. The van der Waals surface area contributed by atoms with E-state index in [1.807, 2.05) is 24.4 Å². The molecule has 148 valence electrons. The minimum absolute atomic E-state index is 0.0638. The number of halogens is 1. The molecule has 1 aliphatic rings. The number of para-hydroxylation sites is 2. The van der Waals surface area contributed by atoms with Gasteiger partial charge in [-0.25, -0.2) is 4.68 Å². The Morgan fingerprint density at radius 2 is 1.83 bits per heavy atom. The monoisotopic (exact) mass is 405 g/mol. The molecule has 5 rings (SSSR count). The molecular weight excluding hydrogens is 382 g/mol. The largest absolute Gasteiger partial charge is 0.390 e. The Labute approximate surface area is 175 Å². The van der Waals surface area contributed by atoms with Crippen LogP contribution in [0.15, 0.2) is 60.8 Å². The lowest BCUT2D eigenvalue weighted by atomic mass is 9.73. The molecule has 1 N–H and O–H groups in total. The van der Waals surface area contributed by atoms with Crippen LogP contribution in [0.2, 0.25) is 0 Å². The molecule has 1 atom stereocenters. The van der Waals surface area contributed by atoms with E-state index in [-0.39, 0.29) is 11.3 Å². The van der Waals surface area contributed by atoms with Crippen molar-refractivity contribution < 1.29 is 5.11 Å². The van der Waals surface area contributed by atoms with Crippen LogP contribution in [0.5, 0.6) is 0 Å². The second kappa shape index (κ2) is 6.75. The number of aliphatic hydroxyl groups excluding tert-OH is 1. The van der Waals surface area contributed by atoms with E-state index in [2.05, 4.69) is 59.5 Å². The summed E-state index contributed by atoms with van der Waals surface area (Å²) in [6.07, 6.45) is 2.27. The van der Waals surface area contributed by atoms with Crippen molar-refractivity contribution in [2.24, 2.45) is 0 Å². The summed E-state index contributed by atoms with van der Waals surface area (Å²) in [4.78, 5) is 0. The smallest absolute Gasteiger partial charge is 0.0854 e. The molecule has 29 heavy (non-hydrogen) atoms. The van der Waals surface area contributed by atoms with Gasteiger partial charge >= 0.3 is 0 Å². The minimum atomic E-state index is -0.603. The SMILES string of the molecule is CC1(C)Cc2c(cnn2-c2ccccc2)-c2c1c1ccccc1n2C[C@@H](O)CCl. The number of hydrogen-bond acceptors (Lipinski definition) is 2. The quantitative estimate of drug-likeness (QED) is 0.489. The Bertz CT molecular complexity index is 1190. The zero-order valence-corrected chi connectivity index (χ0v) is 17.4. The maximum absolute atomic E-state index is 10.4. The first-order valence-electron chi connectivity index (χ1n) is 9.99. The molecule has 0 bridgehead atoms. The van der Waals surface area contributed by atoms with Gasteiger partial charge in [0.1, 0.15) is 0 Å². The lowest BCUT2D eigenvalue weighted by Crippen LogP contribution is -2.28. The molecule has 4 nitrogen and oxygen atoms in total. The molecule has 0 unspecified atom stereocenters. The highest BCUT2D eigenvalue weighted by molar-refractivity contribution is 6.18. The van der Waals surface area contributed by atoms with Crippen LogP contribution in [0.1, 0.15) is 25.1 Å². The molecule has 0 saturated heterocycles. The van der Waals surface area contributed by atoms with Gasteiger partial charge < -0.3 is 9.67 Å². The number of fused-ring (bicyclic) bond motifs is 5. The third-order valence-corrected chi connectivity index (χ3v) is 6.31. The summed E-state index contributed by atoms with van der Waals surface area (Å²) < 4.78 is 4.29. The lowest BCUT2D eigenvalue weighted by molar-refractivity contribution is 0.179. The molecule has 0 aliphatic heterocycles. The average Bonchev–Trinajstić information content (AvgIpc) is 3.28. The predicted octanol–water partition coefficient (Wildman–Crippen LogP) is 4.93. The van der Waals surface area contributed by atoms with Gasteiger partial charge in [-0.05, 0) is 35.6 Å². The highest BCUT2D eigenvalue weighted by Gasteiger charge is 2.38. The number of aliphatic hydroxyl groups is 1. The van der Waals surface area contributed by atoms with Gasteiger partial charge in [-0.15, -0.1) is 11.6 Å². The van der Waals surface area contributed by atoms with Gasteiger partial charge in [0.15, 0.2) is 0 Å². The van der Waals surface area contributed by atoms with Crippen LogP contribution in [-0.2, 0) is 18.4 Å². The van der Waals surface area contributed by atoms with Crippen molar-refractivity contribution in [2.45, 2.75) is 38.3 Å². The van der Waals surface area contributed by atoms with E-state index in [1.54, 1.807) is 0 Å². The van der Waals surface area contributed by atoms with Crippen LogP contribution < -0.4 is 0 Å². The van der Waals surface area contributed by atoms with Gasteiger partial charge in [0.25, 0.3) is 0 Å². The van der Waals surface area contributed by atoms with Crippen molar-refractivity contribution in [2.75, 3.05) is 5.88 Å². The third-order valence-electron chi connectivity index (χ3n) is 5.95. The number of nitrogens with zero attached hydrogens (tertiary/aromatic N) is 3. The van der Waals surface area contributed by atoms with E-state index in [1.165, 1.54) is 16.6 Å². The fourth-order valence-corrected chi connectivity index (χ4v) is 4.86. The molecule has 2 aromatic carbocycles. The van der Waals surface area contributed by atoms with Gasteiger partial charge in [0.05, 0.1) is 41.8 Å². The molecule has 2 aromatic heterocycles. The van der Waals surface area contributed by atoms with Crippen LogP contribution in [-0.4, -0.2) is 31.4 Å². The molecule has 2 heterocycles. The Kier molecular flexibility index (Phi) is 4.30. The summed E-state index contributed by atoms with van der Waals surface area (Å²) in [5.41, 5.74) is 6.97. The second-order valence-corrected chi connectivity index (χ2v) is 8.78.